The number of nitrogens with one attached hydrogen (secondary N) is 1. The van der Waals surface area contributed by atoms with Crippen molar-refractivity contribution in [2.24, 2.45) is 0 Å². The van der Waals surface area contributed by atoms with Gasteiger partial charge in [-0.1, -0.05) is 0 Å². The van der Waals surface area contributed by atoms with Crippen LogP contribution in [-0.2, 0) is 19.0 Å². The van der Waals surface area contributed by atoms with Crippen LogP contribution >= 0.6 is 0 Å². The Labute approximate surface area is 149 Å². The van der Waals surface area contributed by atoms with Gasteiger partial charge in [0.15, 0.2) is 0 Å². The Kier molecular flexibility index (Phi) is 6.31. The normalized spacial score (nSPS) is 17.5. The van der Waals surface area contributed by atoms with Crippen LogP contribution in [0.1, 0.15) is 54.4 Å². The average molecular weight is 358 g/mol. The molecule has 0 aromatic carbocycles. The third-order valence-corrected chi connectivity index (χ3v) is 3.59. The van der Waals surface area contributed by atoms with Crippen LogP contribution in [0.3, 0.4) is 0 Å². The largest absolute Gasteiger partial charge is 0.467 e. The van der Waals surface area contributed by atoms with E-state index in [4.69, 9.17) is 14.2 Å². The molecule has 0 atom stereocenters. The number of piperidine rings is 1. The van der Waals surface area contributed by atoms with Crippen molar-refractivity contribution in [3.05, 3.63) is 0 Å². The van der Waals surface area contributed by atoms with E-state index in [2.05, 4.69) is 5.32 Å². The molecule has 0 unspecified atom stereocenters. The second-order valence-corrected chi connectivity index (χ2v) is 8.17. The molecule has 0 radical (unpaired) electrons. The van der Waals surface area contributed by atoms with E-state index < -0.39 is 34.9 Å². The van der Waals surface area contributed by atoms with Crippen LogP contribution in [0.25, 0.3) is 0 Å². The average Bonchev–Trinajstić information content (AvgIpc) is 2.43. The maximum Gasteiger partial charge on any atom is 0.410 e. The first kappa shape index (κ1) is 21.1. The van der Waals surface area contributed by atoms with Gasteiger partial charge in [-0.3, -0.25) is 0 Å². The van der Waals surface area contributed by atoms with E-state index in [1.807, 2.05) is 0 Å². The molecular weight excluding hydrogens is 328 g/mol. The fraction of sp³-hybridized carbons (Fsp3) is 0.824. The Hall–Kier alpha value is -1.99. The summed E-state index contributed by atoms with van der Waals surface area (Å²) in [6, 6.07) is 0. The number of likely N-dealkylation sites (tertiary alicyclic amines) is 1. The van der Waals surface area contributed by atoms with Crippen molar-refractivity contribution in [1.82, 2.24) is 10.2 Å². The Morgan fingerprint density at radius 2 is 1.40 bits per heavy atom. The van der Waals surface area contributed by atoms with Gasteiger partial charge in [-0.2, -0.15) is 0 Å². The smallest absolute Gasteiger partial charge is 0.410 e. The van der Waals surface area contributed by atoms with E-state index in [0.29, 0.717) is 0 Å². The molecule has 1 N–H and O–H groups in total. The molecule has 1 aliphatic heterocycles. The fourth-order valence-corrected chi connectivity index (χ4v) is 2.47. The highest BCUT2D eigenvalue weighted by atomic mass is 16.6. The third-order valence-electron chi connectivity index (χ3n) is 3.59. The highest BCUT2D eigenvalue weighted by Crippen LogP contribution is 2.26. The molecule has 0 bridgehead atoms. The topological polar surface area (TPSA) is 94.2 Å². The predicted molar refractivity (Wildman–Crippen MR) is 91.2 cm³/mol. The number of hydrogen-bond donors (Lipinski definition) is 1. The van der Waals surface area contributed by atoms with Gasteiger partial charge in [0.25, 0.3) is 0 Å². The Morgan fingerprint density at radius 3 is 1.80 bits per heavy atom. The minimum atomic E-state index is -1.21. The number of carbonyl (C=O) groups excluding carboxylic acids is 3. The number of carbonyl (C=O) groups is 3. The quantitative estimate of drug-likeness (QED) is 0.602. The summed E-state index contributed by atoms with van der Waals surface area (Å²) in [5.41, 5.74) is -2.49. The lowest BCUT2D eigenvalue weighted by atomic mass is 9.87. The summed E-state index contributed by atoms with van der Waals surface area (Å²) < 4.78 is 15.4. The summed E-state index contributed by atoms with van der Waals surface area (Å²) in [4.78, 5) is 38.0. The lowest BCUT2D eigenvalue weighted by Gasteiger charge is -2.40. The summed E-state index contributed by atoms with van der Waals surface area (Å²) in [6.45, 7) is 11.1. The molecule has 1 aliphatic rings. The van der Waals surface area contributed by atoms with E-state index in [9.17, 15) is 14.4 Å². The lowest BCUT2D eigenvalue weighted by Crippen LogP contribution is -2.61. The molecule has 144 valence electrons. The molecule has 8 heteroatoms. The molecule has 1 fully saturated rings. The van der Waals surface area contributed by atoms with Crippen LogP contribution in [-0.4, -0.2) is 60.0 Å². The van der Waals surface area contributed by atoms with Gasteiger partial charge in [-0.15, -0.1) is 0 Å². The molecule has 2 amide bonds. The molecule has 25 heavy (non-hydrogen) atoms. The zero-order chi connectivity index (χ0) is 19.5. The van der Waals surface area contributed by atoms with Crippen molar-refractivity contribution in [2.75, 3.05) is 20.2 Å². The van der Waals surface area contributed by atoms with Gasteiger partial charge < -0.3 is 24.4 Å². The Morgan fingerprint density at radius 1 is 0.920 bits per heavy atom. The first-order valence-corrected chi connectivity index (χ1v) is 8.35. The van der Waals surface area contributed by atoms with Gasteiger partial charge in [0, 0.05) is 13.1 Å². The molecule has 0 aromatic rings. The lowest BCUT2D eigenvalue weighted by molar-refractivity contribution is -0.150. The SMILES string of the molecule is COC(=O)C1(NC(=O)OC(C)(C)C)CCN(C(=O)OC(C)(C)C)CC1. The summed E-state index contributed by atoms with van der Waals surface area (Å²) in [5.74, 6) is -0.554. The molecule has 1 saturated heterocycles. The van der Waals surface area contributed by atoms with E-state index in [-0.39, 0.29) is 25.9 Å². The fourth-order valence-electron chi connectivity index (χ4n) is 2.47. The van der Waals surface area contributed by atoms with Crippen molar-refractivity contribution in [3.63, 3.8) is 0 Å². The second-order valence-electron chi connectivity index (χ2n) is 8.17. The van der Waals surface area contributed by atoms with E-state index >= 15 is 0 Å². The molecule has 0 aliphatic carbocycles. The summed E-state index contributed by atoms with van der Waals surface area (Å²) in [5, 5.41) is 2.63. The first-order chi connectivity index (χ1) is 11.3. The summed E-state index contributed by atoms with van der Waals surface area (Å²) in [7, 11) is 1.26. The van der Waals surface area contributed by atoms with Crippen LogP contribution in [0.15, 0.2) is 0 Å². The van der Waals surface area contributed by atoms with Crippen LogP contribution in [0.2, 0.25) is 0 Å². The second kappa shape index (κ2) is 7.49. The number of hydrogen-bond acceptors (Lipinski definition) is 6. The van der Waals surface area contributed by atoms with E-state index in [1.165, 1.54) is 12.0 Å². The van der Waals surface area contributed by atoms with Crippen molar-refractivity contribution >= 4 is 18.2 Å². The van der Waals surface area contributed by atoms with Gasteiger partial charge in [0.05, 0.1) is 7.11 Å². The van der Waals surface area contributed by atoms with Crippen LogP contribution < -0.4 is 5.32 Å². The van der Waals surface area contributed by atoms with E-state index in [1.54, 1.807) is 41.5 Å². The van der Waals surface area contributed by atoms with Gasteiger partial charge in [-0.25, -0.2) is 14.4 Å². The zero-order valence-corrected chi connectivity index (χ0v) is 16.2. The predicted octanol–water partition coefficient (Wildman–Crippen LogP) is 2.45. The third kappa shape index (κ3) is 6.43. The molecule has 0 saturated carbocycles. The van der Waals surface area contributed by atoms with E-state index in [0.717, 1.165) is 0 Å². The minimum Gasteiger partial charge on any atom is -0.467 e. The van der Waals surface area contributed by atoms with Gasteiger partial charge in [-0.05, 0) is 54.4 Å². The monoisotopic (exact) mass is 358 g/mol. The molecule has 1 heterocycles. The maximum atomic E-state index is 12.3. The van der Waals surface area contributed by atoms with Gasteiger partial charge in [0.1, 0.15) is 16.7 Å². The van der Waals surface area contributed by atoms with Crippen LogP contribution in [0.5, 0.6) is 0 Å². The van der Waals surface area contributed by atoms with Crippen LogP contribution in [0.4, 0.5) is 9.59 Å². The summed E-state index contributed by atoms with van der Waals surface area (Å²) >= 11 is 0. The number of rotatable bonds is 2. The number of amides is 2. The standard InChI is InChI=1S/C17H30N2O6/c1-15(2,3)24-13(21)18-17(12(20)23-7)8-10-19(11-9-17)14(22)25-16(4,5)6/h8-11H2,1-7H3,(H,18,21). The Balaban J connectivity index is 2.79. The zero-order valence-electron chi connectivity index (χ0n) is 16.2. The Bertz CT molecular complexity index is 510. The number of esters is 1. The number of alkyl carbamates (subject to hydrolysis) is 1. The molecule has 0 aromatic heterocycles. The van der Waals surface area contributed by atoms with Crippen LogP contribution in [0, 0.1) is 0 Å². The molecule has 8 nitrogen and oxygen atoms in total. The van der Waals surface area contributed by atoms with Crippen molar-refractivity contribution < 1.29 is 28.6 Å². The highest BCUT2D eigenvalue weighted by molar-refractivity contribution is 5.86. The minimum absolute atomic E-state index is 0.220. The van der Waals surface area contributed by atoms with Gasteiger partial charge >= 0.3 is 18.2 Å². The molecule has 1 rings (SSSR count). The number of ether oxygens (including phenoxy) is 3. The van der Waals surface area contributed by atoms with Crippen molar-refractivity contribution in [1.29, 1.82) is 0 Å². The number of methoxy groups -OCH3 is 1. The van der Waals surface area contributed by atoms with Crippen molar-refractivity contribution in [3.8, 4) is 0 Å². The molecule has 0 spiro atoms. The molecular formula is C17H30N2O6. The first-order valence-electron chi connectivity index (χ1n) is 8.35. The number of nitrogens with zero attached hydrogens (tertiary/aromatic N) is 1. The van der Waals surface area contributed by atoms with Gasteiger partial charge in [0.2, 0.25) is 0 Å². The highest BCUT2D eigenvalue weighted by Gasteiger charge is 2.46. The van der Waals surface area contributed by atoms with Crippen molar-refractivity contribution in [2.45, 2.75) is 71.1 Å². The summed E-state index contributed by atoms with van der Waals surface area (Å²) in [6.07, 6.45) is -0.692. The maximum absolute atomic E-state index is 12.3.